The summed E-state index contributed by atoms with van der Waals surface area (Å²) in [4.78, 5) is 0. The Labute approximate surface area is 129 Å². The maximum atomic E-state index is 13.8. The topological polar surface area (TPSA) is 18.5 Å². The van der Waals surface area contributed by atoms with Gasteiger partial charge in [-0.1, -0.05) is 0 Å². The SMILES string of the molecule is COc1cc(OC(F)(F)F)ccc1-c1c(F)c(F)c(F)c(F)c1F. The highest BCUT2D eigenvalue weighted by molar-refractivity contribution is 5.73. The van der Waals surface area contributed by atoms with Gasteiger partial charge in [0.1, 0.15) is 11.5 Å². The van der Waals surface area contributed by atoms with Gasteiger partial charge in [-0.2, -0.15) is 0 Å². The van der Waals surface area contributed by atoms with Gasteiger partial charge >= 0.3 is 6.36 Å². The second-order valence-electron chi connectivity index (χ2n) is 4.35. The number of methoxy groups -OCH3 is 1. The van der Waals surface area contributed by atoms with E-state index in [9.17, 15) is 35.1 Å². The molecular formula is C14H6F8O2. The zero-order chi connectivity index (χ0) is 18.2. The zero-order valence-electron chi connectivity index (χ0n) is 11.6. The number of rotatable bonds is 3. The lowest BCUT2D eigenvalue weighted by atomic mass is 10.0. The Morgan fingerprint density at radius 3 is 1.75 bits per heavy atom. The molecule has 130 valence electrons. The van der Waals surface area contributed by atoms with Gasteiger partial charge < -0.3 is 9.47 Å². The quantitative estimate of drug-likeness (QED) is 0.439. The van der Waals surface area contributed by atoms with Crippen molar-refractivity contribution in [3.63, 3.8) is 0 Å². The minimum absolute atomic E-state index is 0.583. The lowest BCUT2D eigenvalue weighted by Crippen LogP contribution is -2.17. The van der Waals surface area contributed by atoms with Crippen molar-refractivity contribution < 1.29 is 44.6 Å². The molecule has 2 rings (SSSR count). The van der Waals surface area contributed by atoms with Crippen LogP contribution in [-0.4, -0.2) is 13.5 Å². The molecule has 0 radical (unpaired) electrons. The molecular weight excluding hydrogens is 352 g/mol. The first-order valence-electron chi connectivity index (χ1n) is 6.02. The van der Waals surface area contributed by atoms with Crippen LogP contribution >= 0.6 is 0 Å². The minimum Gasteiger partial charge on any atom is -0.496 e. The van der Waals surface area contributed by atoms with Crippen molar-refractivity contribution in [2.24, 2.45) is 0 Å². The summed E-state index contributed by atoms with van der Waals surface area (Å²) in [6.07, 6.45) is -5.04. The van der Waals surface area contributed by atoms with Crippen LogP contribution < -0.4 is 9.47 Å². The van der Waals surface area contributed by atoms with Crippen molar-refractivity contribution in [2.45, 2.75) is 6.36 Å². The van der Waals surface area contributed by atoms with Crippen LogP contribution in [0, 0.1) is 29.1 Å². The molecule has 10 heteroatoms. The summed E-state index contributed by atoms with van der Waals surface area (Å²) in [6.45, 7) is 0. The third-order valence-electron chi connectivity index (χ3n) is 2.89. The molecule has 0 fully saturated rings. The second kappa shape index (κ2) is 6.17. The molecule has 0 heterocycles. The van der Waals surface area contributed by atoms with Gasteiger partial charge in [0, 0.05) is 11.6 Å². The minimum atomic E-state index is -5.04. The highest BCUT2D eigenvalue weighted by Gasteiger charge is 2.32. The van der Waals surface area contributed by atoms with Crippen LogP contribution in [0.25, 0.3) is 11.1 Å². The third kappa shape index (κ3) is 3.22. The monoisotopic (exact) mass is 358 g/mol. The third-order valence-corrected chi connectivity index (χ3v) is 2.89. The standard InChI is InChI=1S/C14H6F8O2/c1-23-7-4-5(24-14(20,21)22)2-3-6(7)8-9(15)11(17)13(19)12(18)10(8)16/h2-4H,1H3. The number of benzene rings is 2. The first-order chi connectivity index (χ1) is 11.1. The van der Waals surface area contributed by atoms with Gasteiger partial charge in [-0.3, -0.25) is 0 Å². The molecule has 0 aliphatic heterocycles. The predicted molar refractivity (Wildman–Crippen MR) is 64.9 cm³/mol. The van der Waals surface area contributed by atoms with Crippen LogP contribution in [0.15, 0.2) is 18.2 Å². The number of hydrogen-bond acceptors (Lipinski definition) is 2. The summed E-state index contributed by atoms with van der Waals surface area (Å²) >= 11 is 0. The van der Waals surface area contributed by atoms with Crippen LogP contribution in [0.4, 0.5) is 35.1 Å². The Morgan fingerprint density at radius 1 is 0.792 bits per heavy atom. The average molecular weight is 358 g/mol. The summed E-state index contributed by atoms with van der Waals surface area (Å²) in [5.74, 6) is -12.4. The Kier molecular flexibility index (Phi) is 4.59. The molecule has 0 unspecified atom stereocenters. The lowest BCUT2D eigenvalue weighted by molar-refractivity contribution is -0.274. The van der Waals surface area contributed by atoms with Crippen molar-refractivity contribution in [1.29, 1.82) is 0 Å². The van der Waals surface area contributed by atoms with E-state index in [1.807, 2.05) is 0 Å². The van der Waals surface area contributed by atoms with E-state index in [4.69, 9.17) is 0 Å². The number of alkyl halides is 3. The largest absolute Gasteiger partial charge is 0.573 e. The maximum Gasteiger partial charge on any atom is 0.573 e. The van der Waals surface area contributed by atoms with Crippen LogP contribution in [-0.2, 0) is 0 Å². The van der Waals surface area contributed by atoms with Crippen molar-refractivity contribution in [3.05, 3.63) is 47.3 Å². The first kappa shape index (κ1) is 17.8. The fourth-order valence-corrected chi connectivity index (χ4v) is 1.92. The van der Waals surface area contributed by atoms with E-state index < -0.39 is 58.1 Å². The summed E-state index contributed by atoms with van der Waals surface area (Å²) in [7, 11) is 0.933. The van der Waals surface area contributed by atoms with Crippen molar-refractivity contribution >= 4 is 0 Å². The van der Waals surface area contributed by atoms with E-state index >= 15 is 0 Å². The second-order valence-corrected chi connectivity index (χ2v) is 4.35. The van der Waals surface area contributed by atoms with Gasteiger partial charge in [0.05, 0.1) is 12.7 Å². The molecule has 0 saturated carbocycles. The van der Waals surface area contributed by atoms with Gasteiger partial charge in [-0.15, -0.1) is 13.2 Å². The molecule has 0 spiro atoms. The number of ether oxygens (including phenoxy) is 2. The fraction of sp³-hybridized carbons (Fsp3) is 0.143. The first-order valence-corrected chi connectivity index (χ1v) is 6.02. The van der Waals surface area contributed by atoms with Gasteiger partial charge in [0.15, 0.2) is 23.3 Å². The lowest BCUT2D eigenvalue weighted by Gasteiger charge is -2.14. The van der Waals surface area contributed by atoms with Gasteiger partial charge in [0.2, 0.25) is 5.82 Å². The number of hydrogen-bond donors (Lipinski definition) is 0. The molecule has 0 bridgehead atoms. The molecule has 0 atom stereocenters. The van der Waals surface area contributed by atoms with Crippen LogP contribution in [0.5, 0.6) is 11.5 Å². The Hall–Kier alpha value is -2.52. The summed E-state index contributed by atoms with van der Waals surface area (Å²) in [5, 5.41) is 0. The fourth-order valence-electron chi connectivity index (χ4n) is 1.92. The molecule has 24 heavy (non-hydrogen) atoms. The van der Waals surface area contributed by atoms with Crippen LogP contribution in [0.2, 0.25) is 0 Å². The van der Waals surface area contributed by atoms with Crippen LogP contribution in [0.1, 0.15) is 0 Å². The smallest absolute Gasteiger partial charge is 0.496 e. The van der Waals surface area contributed by atoms with Crippen LogP contribution in [0.3, 0.4) is 0 Å². The Morgan fingerprint density at radius 2 is 1.29 bits per heavy atom. The highest BCUT2D eigenvalue weighted by Crippen LogP contribution is 2.39. The van der Waals surface area contributed by atoms with E-state index in [-0.39, 0.29) is 0 Å². The zero-order valence-corrected chi connectivity index (χ0v) is 11.6. The molecule has 2 aromatic rings. The van der Waals surface area contributed by atoms with E-state index in [1.54, 1.807) is 0 Å². The van der Waals surface area contributed by atoms with Crippen molar-refractivity contribution in [1.82, 2.24) is 0 Å². The molecule has 0 aromatic heterocycles. The van der Waals surface area contributed by atoms with E-state index in [0.29, 0.717) is 18.2 Å². The normalized spacial score (nSPS) is 11.5. The summed E-state index contributed by atoms with van der Waals surface area (Å²) in [6, 6.07) is 1.92. The van der Waals surface area contributed by atoms with E-state index in [2.05, 4.69) is 9.47 Å². The highest BCUT2D eigenvalue weighted by atomic mass is 19.4. The van der Waals surface area contributed by atoms with E-state index in [1.165, 1.54) is 0 Å². The molecule has 0 aliphatic rings. The Balaban J connectivity index is 2.66. The summed E-state index contributed by atoms with van der Waals surface area (Å²) < 4.78 is 112. The van der Waals surface area contributed by atoms with Gasteiger partial charge in [0.25, 0.3) is 0 Å². The predicted octanol–water partition coefficient (Wildman–Crippen LogP) is 4.96. The Bertz CT molecular complexity index is 756. The maximum absolute atomic E-state index is 13.8. The molecule has 0 aliphatic carbocycles. The molecule has 0 N–H and O–H groups in total. The van der Waals surface area contributed by atoms with Gasteiger partial charge in [-0.25, -0.2) is 22.0 Å². The van der Waals surface area contributed by atoms with E-state index in [0.717, 1.165) is 7.11 Å². The van der Waals surface area contributed by atoms with Gasteiger partial charge in [-0.05, 0) is 12.1 Å². The number of halogens is 8. The van der Waals surface area contributed by atoms with Crippen molar-refractivity contribution in [3.8, 4) is 22.6 Å². The summed E-state index contributed by atoms with van der Waals surface area (Å²) in [5.41, 5.74) is -1.97. The van der Waals surface area contributed by atoms with Crippen molar-refractivity contribution in [2.75, 3.05) is 7.11 Å². The average Bonchev–Trinajstić information content (AvgIpc) is 2.50. The molecule has 0 saturated heterocycles. The molecule has 2 nitrogen and oxygen atoms in total. The molecule has 0 amide bonds. The molecule has 2 aromatic carbocycles.